The van der Waals surface area contributed by atoms with Crippen LogP contribution in [0.5, 0.6) is 17.2 Å². The number of methoxy groups -OCH3 is 3. The first-order valence-corrected chi connectivity index (χ1v) is 12.0. The highest BCUT2D eigenvalue weighted by Gasteiger charge is 2.39. The fraction of sp³-hybridized carbons (Fsp3) is 0.444. The van der Waals surface area contributed by atoms with E-state index in [1.54, 1.807) is 33.5 Å². The molecule has 3 aromatic rings. The number of carbonyl (C=O) groups is 1. The average Bonchev–Trinajstić information content (AvgIpc) is 3.26. The first kappa shape index (κ1) is 22.6. The summed E-state index contributed by atoms with van der Waals surface area (Å²) in [7, 11) is 4.68. The molecule has 2 saturated heterocycles. The maximum Gasteiger partial charge on any atom is 0.251 e. The number of hydrogen-bond acceptors (Lipinski definition) is 5. The summed E-state index contributed by atoms with van der Waals surface area (Å²) >= 11 is 0. The Kier molecular flexibility index (Phi) is 6.37. The van der Waals surface area contributed by atoms with Gasteiger partial charge in [-0.2, -0.15) is 0 Å². The molecule has 0 aliphatic carbocycles. The fourth-order valence-electron chi connectivity index (χ4n) is 5.79. The molecule has 0 radical (unpaired) electrons. The van der Waals surface area contributed by atoms with Gasteiger partial charge in [0.05, 0.1) is 21.3 Å². The molecule has 2 N–H and O–H groups in total. The molecule has 5 rings (SSSR count). The molecule has 2 atom stereocenters. The van der Waals surface area contributed by atoms with Gasteiger partial charge in [0.25, 0.3) is 5.91 Å². The van der Waals surface area contributed by atoms with Gasteiger partial charge in [0.1, 0.15) is 0 Å². The van der Waals surface area contributed by atoms with Gasteiger partial charge in [-0.1, -0.05) is 24.6 Å². The van der Waals surface area contributed by atoms with E-state index in [1.165, 1.54) is 35.7 Å². The third kappa shape index (κ3) is 4.20. The second kappa shape index (κ2) is 9.58. The average molecular weight is 464 g/mol. The number of aromatic nitrogens is 1. The summed E-state index contributed by atoms with van der Waals surface area (Å²) in [6.07, 6.45) is 7.70. The third-order valence-corrected chi connectivity index (χ3v) is 7.42. The van der Waals surface area contributed by atoms with Crippen LogP contribution in [0.3, 0.4) is 0 Å². The lowest BCUT2D eigenvalue weighted by atomic mass is 9.81. The number of rotatable bonds is 7. The van der Waals surface area contributed by atoms with Gasteiger partial charge in [-0.3, -0.25) is 9.69 Å². The van der Waals surface area contributed by atoms with E-state index in [0.29, 0.717) is 34.9 Å². The number of fused-ring (bicyclic) bond motifs is 3. The molecule has 7 nitrogen and oxygen atoms in total. The SMILES string of the molecule is COc1cc(C(=O)NC2CC3CCCC(C2)N3Cc2c[nH]c3ccccc23)cc(OC)c1OC. The molecule has 34 heavy (non-hydrogen) atoms. The van der Waals surface area contributed by atoms with E-state index in [9.17, 15) is 4.79 Å². The first-order chi connectivity index (χ1) is 16.6. The van der Waals surface area contributed by atoms with E-state index in [-0.39, 0.29) is 11.9 Å². The number of benzene rings is 2. The van der Waals surface area contributed by atoms with E-state index >= 15 is 0 Å². The molecule has 2 bridgehead atoms. The summed E-state index contributed by atoms with van der Waals surface area (Å²) in [6, 6.07) is 13.0. The second-order valence-corrected chi connectivity index (χ2v) is 9.33. The Morgan fingerprint density at radius 1 is 1.03 bits per heavy atom. The topological polar surface area (TPSA) is 75.8 Å². The van der Waals surface area contributed by atoms with Crippen molar-refractivity contribution >= 4 is 16.8 Å². The largest absolute Gasteiger partial charge is 0.493 e. The maximum atomic E-state index is 13.2. The van der Waals surface area contributed by atoms with Crippen molar-refractivity contribution < 1.29 is 19.0 Å². The lowest BCUT2D eigenvalue weighted by Crippen LogP contribution is -2.56. The van der Waals surface area contributed by atoms with Crippen molar-refractivity contribution in [2.24, 2.45) is 0 Å². The van der Waals surface area contributed by atoms with Crippen molar-refractivity contribution in [2.45, 2.75) is 56.8 Å². The number of nitrogens with one attached hydrogen (secondary N) is 2. The van der Waals surface area contributed by atoms with E-state index in [1.807, 2.05) is 0 Å². The minimum atomic E-state index is -0.104. The number of piperidine rings is 2. The molecule has 7 heteroatoms. The number of aromatic amines is 1. The van der Waals surface area contributed by atoms with Crippen LogP contribution in [0.25, 0.3) is 10.9 Å². The first-order valence-electron chi connectivity index (χ1n) is 12.0. The van der Waals surface area contributed by atoms with E-state index in [0.717, 1.165) is 19.4 Å². The lowest BCUT2D eigenvalue weighted by molar-refractivity contribution is 0.0180. The standard InChI is InChI=1S/C27H33N3O4/c1-32-24-11-17(12-25(33-2)26(24)34-3)27(31)29-19-13-20-7-6-8-21(14-19)30(20)16-18-15-28-23-10-5-4-9-22(18)23/h4-5,9-12,15,19-21,28H,6-8,13-14,16H2,1-3H3,(H,29,31). The molecule has 2 aromatic carbocycles. The summed E-state index contributed by atoms with van der Waals surface area (Å²) in [5.41, 5.74) is 3.06. The number of carbonyl (C=O) groups excluding carboxylic acids is 1. The van der Waals surface area contributed by atoms with Crippen molar-refractivity contribution in [1.29, 1.82) is 0 Å². The van der Waals surface area contributed by atoms with Crippen LogP contribution in [0.1, 0.15) is 48.0 Å². The molecule has 2 aliphatic rings. The van der Waals surface area contributed by atoms with Crippen molar-refractivity contribution in [3.8, 4) is 17.2 Å². The number of amides is 1. The Balaban J connectivity index is 1.30. The minimum Gasteiger partial charge on any atom is -0.493 e. The lowest BCUT2D eigenvalue weighted by Gasteiger charge is -2.49. The molecule has 0 saturated carbocycles. The van der Waals surface area contributed by atoms with Gasteiger partial charge >= 0.3 is 0 Å². The Hall–Kier alpha value is -3.19. The van der Waals surface area contributed by atoms with Crippen molar-refractivity contribution in [3.05, 3.63) is 53.7 Å². The van der Waals surface area contributed by atoms with Gasteiger partial charge < -0.3 is 24.5 Å². The molecule has 3 heterocycles. The predicted molar refractivity (Wildman–Crippen MR) is 132 cm³/mol. The smallest absolute Gasteiger partial charge is 0.251 e. The van der Waals surface area contributed by atoms with Gasteiger partial charge in [-0.15, -0.1) is 0 Å². The molecule has 2 unspecified atom stereocenters. The number of nitrogens with zero attached hydrogens (tertiary/aromatic N) is 1. The van der Waals surface area contributed by atoms with Crippen molar-refractivity contribution in [3.63, 3.8) is 0 Å². The molecular formula is C27H33N3O4. The maximum absolute atomic E-state index is 13.2. The third-order valence-electron chi connectivity index (χ3n) is 7.42. The minimum absolute atomic E-state index is 0.104. The van der Waals surface area contributed by atoms with Crippen LogP contribution in [-0.2, 0) is 6.54 Å². The molecule has 2 aliphatic heterocycles. The Labute approximate surface area is 200 Å². The van der Waals surface area contributed by atoms with Gasteiger partial charge in [0.15, 0.2) is 11.5 Å². The molecule has 180 valence electrons. The van der Waals surface area contributed by atoms with E-state index < -0.39 is 0 Å². The summed E-state index contributed by atoms with van der Waals surface area (Å²) in [5.74, 6) is 1.35. The zero-order chi connectivity index (χ0) is 23.7. The van der Waals surface area contributed by atoms with Crippen LogP contribution in [-0.4, -0.2) is 55.2 Å². The van der Waals surface area contributed by atoms with Gasteiger partial charge in [0.2, 0.25) is 5.75 Å². The zero-order valence-corrected chi connectivity index (χ0v) is 20.1. The Morgan fingerprint density at radius 2 is 1.71 bits per heavy atom. The molecular weight excluding hydrogens is 430 g/mol. The van der Waals surface area contributed by atoms with Crippen LogP contribution in [0.2, 0.25) is 0 Å². The summed E-state index contributed by atoms with van der Waals surface area (Å²) in [5, 5.41) is 4.59. The van der Waals surface area contributed by atoms with Crippen molar-refractivity contribution in [2.75, 3.05) is 21.3 Å². The predicted octanol–water partition coefficient (Wildman–Crippen LogP) is 4.51. The van der Waals surface area contributed by atoms with E-state index in [4.69, 9.17) is 14.2 Å². The van der Waals surface area contributed by atoms with Gasteiger partial charge in [-0.25, -0.2) is 0 Å². The number of ether oxygens (including phenoxy) is 3. The molecule has 0 spiro atoms. The van der Waals surface area contributed by atoms with Crippen LogP contribution in [0.15, 0.2) is 42.6 Å². The highest BCUT2D eigenvalue weighted by atomic mass is 16.5. The Morgan fingerprint density at radius 3 is 2.35 bits per heavy atom. The second-order valence-electron chi connectivity index (χ2n) is 9.33. The molecule has 1 amide bonds. The quantitative estimate of drug-likeness (QED) is 0.539. The summed E-state index contributed by atoms with van der Waals surface area (Å²) < 4.78 is 16.2. The van der Waals surface area contributed by atoms with Crippen LogP contribution in [0.4, 0.5) is 0 Å². The highest BCUT2D eigenvalue weighted by molar-refractivity contribution is 5.95. The van der Waals surface area contributed by atoms with E-state index in [2.05, 4.69) is 45.7 Å². The number of para-hydroxylation sites is 1. The monoisotopic (exact) mass is 463 g/mol. The van der Waals surface area contributed by atoms with Crippen molar-refractivity contribution in [1.82, 2.24) is 15.2 Å². The number of H-pyrrole nitrogens is 1. The Bertz CT molecular complexity index is 1130. The van der Waals surface area contributed by atoms with Crippen LogP contribution >= 0.6 is 0 Å². The van der Waals surface area contributed by atoms with Crippen LogP contribution in [0, 0.1) is 0 Å². The van der Waals surface area contributed by atoms with Gasteiger partial charge in [-0.05, 0) is 49.4 Å². The summed E-state index contributed by atoms with van der Waals surface area (Å²) in [6.45, 7) is 0.951. The zero-order valence-electron chi connectivity index (χ0n) is 20.1. The number of hydrogen-bond donors (Lipinski definition) is 2. The summed E-state index contributed by atoms with van der Waals surface area (Å²) in [4.78, 5) is 19.3. The normalized spacial score (nSPS) is 22.4. The molecule has 2 fully saturated rings. The fourth-order valence-corrected chi connectivity index (χ4v) is 5.79. The van der Waals surface area contributed by atoms with Crippen LogP contribution < -0.4 is 19.5 Å². The molecule has 1 aromatic heterocycles. The highest BCUT2D eigenvalue weighted by Crippen LogP contribution is 2.39. The van der Waals surface area contributed by atoms with Gasteiger partial charge in [0, 0.05) is 47.3 Å².